The molecule has 1 aliphatic heterocycles. The summed E-state index contributed by atoms with van der Waals surface area (Å²) in [6, 6.07) is 14.0. The van der Waals surface area contributed by atoms with Gasteiger partial charge in [-0.1, -0.05) is 12.1 Å². The van der Waals surface area contributed by atoms with E-state index in [1.807, 2.05) is 0 Å². The number of nitrogens with one attached hydrogen (secondary N) is 1. The van der Waals surface area contributed by atoms with Crippen molar-refractivity contribution in [2.75, 3.05) is 19.5 Å². The Morgan fingerprint density at radius 1 is 0.906 bits per heavy atom. The molecule has 0 spiro atoms. The molecule has 0 unspecified atom stereocenters. The molecule has 0 radical (unpaired) electrons. The van der Waals surface area contributed by atoms with Gasteiger partial charge in [0.05, 0.1) is 26.3 Å². The number of carbonyl (C=O) groups excluding carboxylic acids is 2. The molecule has 7 nitrogen and oxygen atoms in total. The fourth-order valence-electron chi connectivity index (χ4n) is 3.45. The van der Waals surface area contributed by atoms with Gasteiger partial charge in [-0.05, 0) is 47.5 Å². The molecule has 2 amide bonds. The highest BCUT2D eigenvalue weighted by atomic mass is 19.1. The third kappa shape index (κ3) is 4.02. The van der Waals surface area contributed by atoms with Crippen LogP contribution in [0.25, 0.3) is 5.57 Å². The quantitative estimate of drug-likeness (QED) is 0.573. The van der Waals surface area contributed by atoms with Gasteiger partial charge in [0.15, 0.2) is 11.5 Å². The van der Waals surface area contributed by atoms with Crippen molar-refractivity contribution in [3.63, 3.8) is 0 Å². The van der Waals surface area contributed by atoms with Gasteiger partial charge in [-0.3, -0.25) is 19.5 Å². The van der Waals surface area contributed by atoms with E-state index in [9.17, 15) is 14.0 Å². The van der Waals surface area contributed by atoms with Gasteiger partial charge in [-0.25, -0.2) is 4.39 Å². The zero-order valence-electron chi connectivity index (χ0n) is 17.5. The maximum absolute atomic E-state index is 13.5. The molecular weight excluding hydrogens is 413 g/mol. The van der Waals surface area contributed by atoms with Crippen LogP contribution >= 0.6 is 0 Å². The zero-order chi connectivity index (χ0) is 22.7. The van der Waals surface area contributed by atoms with E-state index in [2.05, 4.69) is 10.3 Å². The Hall–Kier alpha value is -4.20. The van der Waals surface area contributed by atoms with E-state index in [1.54, 1.807) is 42.7 Å². The van der Waals surface area contributed by atoms with Crippen molar-refractivity contribution in [2.24, 2.45) is 0 Å². The summed E-state index contributed by atoms with van der Waals surface area (Å²) in [5.74, 6) is -0.401. The van der Waals surface area contributed by atoms with Crippen LogP contribution in [0.4, 0.5) is 10.1 Å². The molecule has 1 N–H and O–H groups in total. The van der Waals surface area contributed by atoms with Gasteiger partial charge < -0.3 is 14.8 Å². The maximum Gasteiger partial charge on any atom is 0.278 e. The number of hydrogen-bond acceptors (Lipinski definition) is 6. The van der Waals surface area contributed by atoms with Crippen molar-refractivity contribution < 1.29 is 23.5 Å². The lowest BCUT2D eigenvalue weighted by Gasteiger charge is -2.15. The van der Waals surface area contributed by atoms with Gasteiger partial charge >= 0.3 is 0 Å². The second-order valence-electron chi connectivity index (χ2n) is 7.00. The Bertz CT molecular complexity index is 1190. The molecule has 1 aromatic heterocycles. The Labute approximate surface area is 184 Å². The van der Waals surface area contributed by atoms with Crippen LogP contribution in [0.1, 0.15) is 11.1 Å². The monoisotopic (exact) mass is 433 g/mol. The lowest BCUT2D eigenvalue weighted by atomic mass is 10.0. The van der Waals surface area contributed by atoms with Crippen molar-refractivity contribution in [2.45, 2.75) is 6.54 Å². The number of methoxy groups -OCH3 is 2. The van der Waals surface area contributed by atoms with Crippen LogP contribution in [-0.2, 0) is 16.1 Å². The highest BCUT2D eigenvalue weighted by Gasteiger charge is 2.39. The molecule has 0 saturated heterocycles. The first-order valence-electron chi connectivity index (χ1n) is 9.76. The van der Waals surface area contributed by atoms with E-state index in [0.29, 0.717) is 22.7 Å². The topological polar surface area (TPSA) is 80.8 Å². The Kier molecular flexibility index (Phi) is 5.85. The van der Waals surface area contributed by atoms with E-state index in [0.717, 1.165) is 10.5 Å². The standard InChI is InChI=1S/C24H20FN3O4/c1-31-19-8-7-18(13-20(19)32-2)27-22-21(16-3-5-17(25)6-4-16)23(29)28(24(22)30)14-15-9-11-26-12-10-15/h3-13,27H,14H2,1-2H3. The summed E-state index contributed by atoms with van der Waals surface area (Å²) in [5, 5.41) is 3.05. The molecule has 3 aromatic rings. The van der Waals surface area contributed by atoms with Crippen LogP contribution in [0, 0.1) is 5.82 Å². The molecule has 0 aliphatic carbocycles. The summed E-state index contributed by atoms with van der Waals surface area (Å²) in [5.41, 5.74) is 1.99. The lowest BCUT2D eigenvalue weighted by molar-refractivity contribution is -0.137. The molecule has 32 heavy (non-hydrogen) atoms. The summed E-state index contributed by atoms with van der Waals surface area (Å²) in [7, 11) is 3.03. The number of rotatable bonds is 7. The highest BCUT2D eigenvalue weighted by Crippen LogP contribution is 2.34. The molecule has 2 aromatic carbocycles. The molecule has 0 saturated carbocycles. The van der Waals surface area contributed by atoms with Gasteiger partial charge in [0.2, 0.25) is 0 Å². The third-order valence-electron chi connectivity index (χ3n) is 5.04. The van der Waals surface area contributed by atoms with E-state index < -0.39 is 17.6 Å². The molecule has 4 rings (SSSR count). The maximum atomic E-state index is 13.5. The van der Waals surface area contributed by atoms with Crippen molar-refractivity contribution in [1.82, 2.24) is 9.88 Å². The SMILES string of the molecule is COc1ccc(NC2=C(c3ccc(F)cc3)C(=O)N(Cc3ccncc3)C2=O)cc1OC. The molecular formula is C24H20FN3O4. The first-order valence-corrected chi connectivity index (χ1v) is 9.76. The number of nitrogens with zero attached hydrogens (tertiary/aromatic N) is 2. The van der Waals surface area contributed by atoms with E-state index in [-0.39, 0.29) is 17.8 Å². The molecule has 0 atom stereocenters. The lowest BCUT2D eigenvalue weighted by Crippen LogP contribution is -2.32. The first kappa shape index (κ1) is 21.0. The Morgan fingerprint density at radius 3 is 2.25 bits per heavy atom. The van der Waals surface area contributed by atoms with Crippen molar-refractivity contribution >= 4 is 23.1 Å². The first-order chi connectivity index (χ1) is 15.5. The summed E-state index contributed by atoms with van der Waals surface area (Å²) in [4.78, 5) is 31.7. The smallest absolute Gasteiger partial charge is 0.278 e. The predicted molar refractivity (Wildman–Crippen MR) is 116 cm³/mol. The van der Waals surface area contributed by atoms with E-state index in [4.69, 9.17) is 9.47 Å². The Balaban J connectivity index is 1.74. The van der Waals surface area contributed by atoms with E-state index in [1.165, 1.54) is 38.5 Å². The average molecular weight is 433 g/mol. The third-order valence-corrected chi connectivity index (χ3v) is 5.04. The number of halogens is 1. The summed E-state index contributed by atoms with van der Waals surface area (Å²) < 4.78 is 24.1. The molecule has 1 aliphatic rings. The van der Waals surface area contributed by atoms with Gasteiger partial charge in [0.1, 0.15) is 11.5 Å². The van der Waals surface area contributed by atoms with Gasteiger partial charge in [-0.2, -0.15) is 0 Å². The number of benzene rings is 2. The summed E-state index contributed by atoms with van der Waals surface area (Å²) in [6.45, 7) is 0.0853. The molecule has 0 fully saturated rings. The number of amides is 2. The number of pyridine rings is 1. The molecule has 2 heterocycles. The fraction of sp³-hybridized carbons (Fsp3) is 0.125. The number of hydrogen-bond donors (Lipinski definition) is 1. The van der Waals surface area contributed by atoms with Crippen molar-refractivity contribution in [1.29, 1.82) is 0 Å². The minimum absolute atomic E-state index is 0.0853. The minimum Gasteiger partial charge on any atom is -0.493 e. The predicted octanol–water partition coefficient (Wildman–Crippen LogP) is 3.63. The normalized spacial score (nSPS) is 13.5. The van der Waals surface area contributed by atoms with Gasteiger partial charge in [0, 0.05) is 24.1 Å². The van der Waals surface area contributed by atoms with Crippen LogP contribution in [0.15, 0.2) is 72.7 Å². The van der Waals surface area contributed by atoms with Crippen LogP contribution in [0.2, 0.25) is 0 Å². The average Bonchev–Trinajstić information content (AvgIpc) is 3.04. The number of aromatic nitrogens is 1. The van der Waals surface area contributed by atoms with Crippen LogP contribution < -0.4 is 14.8 Å². The molecule has 0 bridgehead atoms. The number of anilines is 1. The highest BCUT2D eigenvalue weighted by molar-refractivity contribution is 6.36. The van der Waals surface area contributed by atoms with Gasteiger partial charge in [0.25, 0.3) is 11.8 Å². The van der Waals surface area contributed by atoms with Crippen LogP contribution in [0.5, 0.6) is 11.5 Å². The minimum atomic E-state index is -0.485. The van der Waals surface area contributed by atoms with Gasteiger partial charge in [-0.15, -0.1) is 0 Å². The summed E-state index contributed by atoms with van der Waals surface area (Å²) >= 11 is 0. The van der Waals surface area contributed by atoms with Crippen molar-refractivity contribution in [3.05, 3.63) is 89.6 Å². The molecule has 8 heteroatoms. The second kappa shape index (κ2) is 8.89. The van der Waals surface area contributed by atoms with Crippen molar-refractivity contribution in [3.8, 4) is 11.5 Å². The fourth-order valence-corrected chi connectivity index (χ4v) is 3.45. The van der Waals surface area contributed by atoms with Crippen LogP contribution in [-0.4, -0.2) is 35.9 Å². The zero-order valence-corrected chi connectivity index (χ0v) is 17.5. The largest absolute Gasteiger partial charge is 0.493 e. The molecule has 162 valence electrons. The summed E-state index contributed by atoms with van der Waals surface area (Å²) in [6.07, 6.45) is 3.19. The number of carbonyl (C=O) groups is 2. The van der Waals surface area contributed by atoms with E-state index >= 15 is 0 Å². The number of imide groups is 1. The van der Waals surface area contributed by atoms with Crippen LogP contribution in [0.3, 0.4) is 0 Å². The number of ether oxygens (including phenoxy) is 2. The second-order valence-corrected chi connectivity index (χ2v) is 7.00. The Morgan fingerprint density at radius 2 is 1.59 bits per heavy atom.